The lowest BCUT2D eigenvalue weighted by molar-refractivity contribution is -0.150. The van der Waals surface area contributed by atoms with Gasteiger partial charge >= 0.3 is 5.97 Å². The number of carbonyl (C=O) groups is 2. The molecule has 104 valence electrons. The molecule has 0 spiro atoms. The second-order valence-electron chi connectivity index (χ2n) is 5.17. The molecule has 5 heteroatoms. The average Bonchev–Trinajstić information content (AvgIpc) is 2.32. The van der Waals surface area contributed by atoms with E-state index in [0.717, 1.165) is 19.3 Å². The van der Waals surface area contributed by atoms with E-state index in [1.54, 1.807) is 0 Å². The Morgan fingerprint density at radius 1 is 1.39 bits per heavy atom. The third-order valence-corrected chi connectivity index (χ3v) is 3.50. The summed E-state index contributed by atoms with van der Waals surface area (Å²) >= 11 is 0. The minimum Gasteiger partial charge on any atom is -0.480 e. The summed E-state index contributed by atoms with van der Waals surface area (Å²) in [4.78, 5) is 23.1. The van der Waals surface area contributed by atoms with Gasteiger partial charge in [0.2, 0.25) is 5.91 Å². The highest BCUT2D eigenvalue weighted by Crippen LogP contribution is 2.32. The van der Waals surface area contributed by atoms with Crippen molar-refractivity contribution in [3.8, 4) is 0 Å². The fourth-order valence-corrected chi connectivity index (χ4v) is 2.26. The maximum atomic E-state index is 11.7. The Morgan fingerprint density at radius 3 is 2.50 bits per heavy atom. The Balaban J connectivity index is 2.52. The Bertz CT molecular complexity index is 295. The van der Waals surface area contributed by atoms with Gasteiger partial charge in [-0.15, -0.1) is 0 Å². The standard InChI is InChI=1S/C13H23NO4/c1-3-8-18-9-11(15)14-13(12(16)17)6-4-10(2)5-7-13/h10H,3-9H2,1-2H3,(H,14,15)(H,16,17). The van der Waals surface area contributed by atoms with Gasteiger partial charge in [-0.25, -0.2) is 4.79 Å². The summed E-state index contributed by atoms with van der Waals surface area (Å²) in [5.41, 5.74) is -1.08. The van der Waals surface area contributed by atoms with Gasteiger partial charge in [-0.2, -0.15) is 0 Å². The summed E-state index contributed by atoms with van der Waals surface area (Å²) in [6.07, 6.45) is 3.52. The zero-order valence-corrected chi connectivity index (χ0v) is 11.2. The molecule has 1 fully saturated rings. The van der Waals surface area contributed by atoms with Crippen molar-refractivity contribution in [1.82, 2.24) is 5.32 Å². The van der Waals surface area contributed by atoms with Crippen LogP contribution in [0.3, 0.4) is 0 Å². The molecule has 0 aromatic heterocycles. The molecule has 0 saturated heterocycles. The van der Waals surface area contributed by atoms with E-state index in [1.165, 1.54) is 0 Å². The summed E-state index contributed by atoms with van der Waals surface area (Å²) < 4.78 is 5.13. The predicted octanol–water partition coefficient (Wildman–Crippen LogP) is 1.56. The van der Waals surface area contributed by atoms with Gasteiger partial charge in [-0.3, -0.25) is 4.79 Å². The Hall–Kier alpha value is -1.10. The van der Waals surface area contributed by atoms with Crippen molar-refractivity contribution in [3.05, 3.63) is 0 Å². The molecule has 1 aliphatic rings. The SMILES string of the molecule is CCCOCC(=O)NC1(C(=O)O)CCC(C)CC1. The van der Waals surface area contributed by atoms with Gasteiger partial charge in [0.1, 0.15) is 12.1 Å². The smallest absolute Gasteiger partial charge is 0.329 e. The van der Waals surface area contributed by atoms with Crippen molar-refractivity contribution >= 4 is 11.9 Å². The number of amides is 1. The second-order valence-corrected chi connectivity index (χ2v) is 5.17. The fourth-order valence-electron chi connectivity index (χ4n) is 2.26. The lowest BCUT2D eigenvalue weighted by atomic mass is 9.77. The van der Waals surface area contributed by atoms with Crippen LogP contribution in [0, 0.1) is 5.92 Å². The van der Waals surface area contributed by atoms with E-state index in [4.69, 9.17) is 4.74 Å². The summed E-state index contributed by atoms with van der Waals surface area (Å²) in [5, 5.41) is 12.0. The lowest BCUT2D eigenvalue weighted by Gasteiger charge is -2.36. The number of nitrogens with one attached hydrogen (secondary N) is 1. The molecule has 1 aliphatic carbocycles. The maximum Gasteiger partial charge on any atom is 0.329 e. The van der Waals surface area contributed by atoms with E-state index in [-0.39, 0.29) is 12.5 Å². The monoisotopic (exact) mass is 257 g/mol. The number of ether oxygens (including phenoxy) is 1. The Kier molecular flexibility index (Phi) is 5.59. The second kappa shape index (κ2) is 6.73. The molecule has 1 amide bonds. The Morgan fingerprint density at radius 2 is 2.00 bits per heavy atom. The molecular formula is C13H23NO4. The molecule has 0 aromatic carbocycles. The third kappa shape index (κ3) is 3.98. The van der Waals surface area contributed by atoms with Crippen LogP contribution in [0.4, 0.5) is 0 Å². The maximum absolute atomic E-state index is 11.7. The molecule has 0 unspecified atom stereocenters. The first kappa shape index (κ1) is 15.0. The zero-order chi connectivity index (χ0) is 13.6. The highest BCUT2D eigenvalue weighted by molar-refractivity contribution is 5.87. The van der Waals surface area contributed by atoms with Gasteiger partial charge in [0.25, 0.3) is 0 Å². The van der Waals surface area contributed by atoms with Crippen LogP contribution < -0.4 is 5.32 Å². The van der Waals surface area contributed by atoms with Gasteiger partial charge in [-0.1, -0.05) is 13.8 Å². The highest BCUT2D eigenvalue weighted by atomic mass is 16.5. The molecule has 5 nitrogen and oxygen atoms in total. The van der Waals surface area contributed by atoms with E-state index in [9.17, 15) is 14.7 Å². The Labute approximate surface area is 108 Å². The first-order chi connectivity index (χ1) is 8.50. The van der Waals surface area contributed by atoms with Crippen LogP contribution in [0.25, 0.3) is 0 Å². The van der Waals surface area contributed by atoms with Gasteiger partial charge < -0.3 is 15.2 Å². The molecule has 18 heavy (non-hydrogen) atoms. The van der Waals surface area contributed by atoms with Crippen molar-refractivity contribution in [2.24, 2.45) is 5.92 Å². The van der Waals surface area contributed by atoms with Crippen molar-refractivity contribution in [3.63, 3.8) is 0 Å². The summed E-state index contributed by atoms with van der Waals surface area (Å²) in [6.45, 7) is 4.53. The fraction of sp³-hybridized carbons (Fsp3) is 0.846. The first-order valence-corrected chi connectivity index (χ1v) is 6.62. The molecule has 0 bridgehead atoms. The molecular weight excluding hydrogens is 234 g/mol. The van der Waals surface area contributed by atoms with Gasteiger partial charge in [0.05, 0.1) is 0 Å². The molecule has 0 radical (unpaired) electrons. The number of carboxylic acid groups (broad SMARTS) is 1. The van der Waals surface area contributed by atoms with Gasteiger partial charge in [0.15, 0.2) is 0 Å². The van der Waals surface area contributed by atoms with Crippen molar-refractivity contribution in [2.75, 3.05) is 13.2 Å². The summed E-state index contributed by atoms with van der Waals surface area (Å²) in [7, 11) is 0. The minimum absolute atomic E-state index is 0.0571. The van der Waals surface area contributed by atoms with Crippen LogP contribution in [-0.4, -0.2) is 35.7 Å². The summed E-state index contributed by atoms with van der Waals surface area (Å²) in [5.74, 6) is -0.732. The quantitative estimate of drug-likeness (QED) is 0.708. The average molecular weight is 257 g/mol. The molecule has 1 saturated carbocycles. The van der Waals surface area contributed by atoms with Crippen LogP contribution in [0.1, 0.15) is 46.0 Å². The number of carbonyl (C=O) groups excluding carboxylic acids is 1. The number of rotatable bonds is 6. The molecule has 0 aromatic rings. The van der Waals surface area contributed by atoms with E-state index in [1.807, 2.05) is 6.92 Å². The molecule has 2 N–H and O–H groups in total. The van der Waals surface area contributed by atoms with Gasteiger partial charge in [0, 0.05) is 6.61 Å². The van der Waals surface area contributed by atoms with Gasteiger partial charge in [-0.05, 0) is 38.0 Å². The normalized spacial score (nSPS) is 27.8. The number of aliphatic carboxylic acids is 1. The molecule has 0 aliphatic heterocycles. The van der Waals surface area contributed by atoms with E-state index in [2.05, 4.69) is 12.2 Å². The molecule has 0 heterocycles. The summed E-state index contributed by atoms with van der Waals surface area (Å²) in [6, 6.07) is 0. The van der Waals surface area contributed by atoms with E-state index >= 15 is 0 Å². The van der Waals surface area contributed by atoms with Crippen LogP contribution in [-0.2, 0) is 14.3 Å². The van der Waals surface area contributed by atoms with Crippen molar-refractivity contribution in [1.29, 1.82) is 0 Å². The first-order valence-electron chi connectivity index (χ1n) is 6.62. The largest absolute Gasteiger partial charge is 0.480 e. The number of carboxylic acids is 1. The lowest BCUT2D eigenvalue weighted by Crippen LogP contribution is -2.57. The van der Waals surface area contributed by atoms with Crippen molar-refractivity contribution < 1.29 is 19.4 Å². The minimum atomic E-state index is -1.08. The van der Waals surface area contributed by atoms with Crippen LogP contribution in [0.2, 0.25) is 0 Å². The predicted molar refractivity (Wildman–Crippen MR) is 67.3 cm³/mol. The highest BCUT2D eigenvalue weighted by Gasteiger charge is 2.42. The van der Waals surface area contributed by atoms with E-state index in [0.29, 0.717) is 25.4 Å². The third-order valence-electron chi connectivity index (χ3n) is 3.50. The number of hydrogen-bond acceptors (Lipinski definition) is 3. The topological polar surface area (TPSA) is 75.6 Å². The van der Waals surface area contributed by atoms with E-state index < -0.39 is 11.5 Å². The van der Waals surface area contributed by atoms with Crippen LogP contribution in [0.15, 0.2) is 0 Å². The zero-order valence-electron chi connectivity index (χ0n) is 11.2. The molecule has 0 atom stereocenters. The van der Waals surface area contributed by atoms with Crippen LogP contribution >= 0.6 is 0 Å². The van der Waals surface area contributed by atoms with Crippen molar-refractivity contribution in [2.45, 2.75) is 51.5 Å². The number of hydrogen-bond donors (Lipinski definition) is 2. The molecule has 1 rings (SSSR count). The van der Waals surface area contributed by atoms with Crippen LogP contribution in [0.5, 0.6) is 0 Å².